The fourth-order valence-electron chi connectivity index (χ4n) is 2.34. The third-order valence-electron chi connectivity index (χ3n) is 3.53. The van der Waals surface area contributed by atoms with Crippen molar-refractivity contribution in [2.24, 2.45) is 0 Å². The summed E-state index contributed by atoms with van der Waals surface area (Å²) in [5.41, 5.74) is 0.123. The fraction of sp³-hybridized carbons (Fsp3) is 0.615. The molecule has 110 valence electrons. The lowest BCUT2D eigenvalue weighted by molar-refractivity contribution is -0.384. The number of nitrogens with zero attached hydrogens (tertiary/aromatic N) is 4. The van der Waals surface area contributed by atoms with Gasteiger partial charge in [-0.1, -0.05) is 11.6 Å². The molecule has 0 unspecified atom stereocenters. The second kappa shape index (κ2) is 5.54. The summed E-state index contributed by atoms with van der Waals surface area (Å²) >= 11 is 5.86. The Kier molecular flexibility index (Phi) is 4.15. The van der Waals surface area contributed by atoms with Crippen LogP contribution in [-0.4, -0.2) is 46.5 Å². The lowest BCUT2D eigenvalue weighted by atomic mass is 10.1. The van der Waals surface area contributed by atoms with E-state index in [0.29, 0.717) is 5.82 Å². The first-order chi connectivity index (χ1) is 9.27. The topological polar surface area (TPSA) is 62.5 Å². The predicted molar refractivity (Wildman–Crippen MR) is 79.4 cm³/mol. The summed E-state index contributed by atoms with van der Waals surface area (Å²) in [5.74, 6) is 0.581. The molecule has 0 N–H and O–H groups in total. The predicted octanol–water partition coefficient (Wildman–Crippen LogP) is 2.56. The average molecular weight is 299 g/mol. The Balaban J connectivity index is 2.13. The van der Waals surface area contributed by atoms with Gasteiger partial charge in [0.1, 0.15) is 11.0 Å². The van der Waals surface area contributed by atoms with Gasteiger partial charge in [0, 0.05) is 31.7 Å². The molecule has 0 saturated carbocycles. The van der Waals surface area contributed by atoms with E-state index in [1.54, 1.807) is 0 Å². The molecule has 0 amide bonds. The second-order valence-corrected chi connectivity index (χ2v) is 6.30. The maximum absolute atomic E-state index is 10.9. The standard InChI is InChI=1S/C13H19ClN4O2/c1-13(2,3)17-6-4-16(5-7-17)12-9-10(18(19)20)8-11(14)15-12/h8-9H,4-7H2,1-3H3. The molecular weight excluding hydrogens is 280 g/mol. The number of anilines is 1. The third kappa shape index (κ3) is 3.37. The van der Waals surface area contributed by atoms with E-state index in [9.17, 15) is 10.1 Å². The zero-order valence-electron chi connectivity index (χ0n) is 12.0. The summed E-state index contributed by atoms with van der Waals surface area (Å²) in [7, 11) is 0. The molecule has 2 heterocycles. The molecule has 0 aromatic carbocycles. The number of piperazine rings is 1. The molecule has 1 aliphatic rings. The summed E-state index contributed by atoms with van der Waals surface area (Å²) in [5, 5.41) is 11.0. The quantitative estimate of drug-likeness (QED) is 0.477. The van der Waals surface area contributed by atoms with Gasteiger partial charge in [-0.15, -0.1) is 0 Å². The molecule has 0 radical (unpaired) electrons. The molecule has 1 saturated heterocycles. The first kappa shape index (κ1) is 15.0. The van der Waals surface area contributed by atoms with E-state index < -0.39 is 4.92 Å². The maximum atomic E-state index is 10.9. The summed E-state index contributed by atoms with van der Waals surface area (Å²) in [6.45, 7) is 9.96. The van der Waals surface area contributed by atoms with E-state index in [1.807, 2.05) is 4.90 Å². The number of rotatable bonds is 2. The first-order valence-corrected chi connectivity index (χ1v) is 6.97. The van der Waals surface area contributed by atoms with Crippen molar-refractivity contribution in [3.63, 3.8) is 0 Å². The van der Waals surface area contributed by atoms with Gasteiger partial charge in [0.2, 0.25) is 0 Å². The molecule has 7 heteroatoms. The largest absolute Gasteiger partial charge is 0.354 e. The van der Waals surface area contributed by atoms with Crippen LogP contribution in [0.5, 0.6) is 0 Å². The van der Waals surface area contributed by atoms with Crippen molar-refractivity contribution >= 4 is 23.1 Å². The van der Waals surface area contributed by atoms with E-state index >= 15 is 0 Å². The molecule has 6 nitrogen and oxygen atoms in total. The number of halogens is 1. The Hall–Kier alpha value is -1.40. The van der Waals surface area contributed by atoms with E-state index in [4.69, 9.17) is 11.6 Å². The number of aromatic nitrogens is 1. The number of nitro groups is 1. The minimum absolute atomic E-state index is 0.0155. The highest BCUT2D eigenvalue weighted by molar-refractivity contribution is 6.29. The SMILES string of the molecule is CC(C)(C)N1CCN(c2cc([N+](=O)[O-])cc(Cl)n2)CC1. The Morgan fingerprint density at radius 2 is 1.85 bits per heavy atom. The van der Waals surface area contributed by atoms with E-state index in [-0.39, 0.29) is 16.4 Å². The van der Waals surface area contributed by atoms with Crippen molar-refractivity contribution < 1.29 is 4.92 Å². The van der Waals surface area contributed by atoms with Crippen LogP contribution < -0.4 is 4.90 Å². The zero-order valence-corrected chi connectivity index (χ0v) is 12.7. The van der Waals surface area contributed by atoms with E-state index in [0.717, 1.165) is 26.2 Å². The summed E-state index contributed by atoms with van der Waals surface area (Å²) in [6, 6.07) is 2.76. The molecule has 1 aromatic rings. The molecule has 0 atom stereocenters. The van der Waals surface area contributed by atoms with Crippen LogP contribution in [0.4, 0.5) is 11.5 Å². The van der Waals surface area contributed by atoms with Gasteiger partial charge < -0.3 is 4.90 Å². The number of pyridine rings is 1. The second-order valence-electron chi connectivity index (χ2n) is 5.91. The molecule has 1 aliphatic heterocycles. The summed E-state index contributed by atoms with van der Waals surface area (Å²) in [4.78, 5) is 19.1. The van der Waals surface area contributed by atoms with Gasteiger partial charge in [0.05, 0.1) is 17.1 Å². The third-order valence-corrected chi connectivity index (χ3v) is 3.72. The lowest BCUT2D eigenvalue weighted by Gasteiger charge is -2.42. The van der Waals surface area contributed by atoms with Gasteiger partial charge in [0.25, 0.3) is 5.69 Å². The van der Waals surface area contributed by atoms with Crippen LogP contribution in [0.3, 0.4) is 0 Å². The Morgan fingerprint density at radius 1 is 1.25 bits per heavy atom. The number of hydrogen-bond donors (Lipinski definition) is 0. The van der Waals surface area contributed by atoms with Crippen LogP contribution in [0.15, 0.2) is 12.1 Å². The van der Waals surface area contributed by atoms with Gasteiger partial charge in [-0.05, 0) is 20.8 Å². The molecular formula is C13H19ClN4O2. The molecule has 1 fully saturated rings. The normalized spacial score (nSPS) is 17.3. The van der Waals surface area contributed by atoms with Crippen LogP contribution in [-0.2, 0) is 0 Å². The molecule has 20 heavy (non-hydrogen) atoms. The van der Waals surface area contributed by atoms with Crippen molar-refractivity contribution in [1.29, 1.82) is 0 Å². The highest BCUT2D eigenvalue weighted by atomic mass is 35.5. The Morgan fingerprint density at radius 3 is 2.35 bits per heavy atom. The molecule has 0 bridgehead atoms. The van der Waals surface area contributed by atoms with Crippen molar-refractivity contribution in [2.45, 2.75) is 26.3 Å². The highest BCUT2D eigenvalue weighted by Crippen LogP contribution is 2.25. The van der Waals surface area contributed by atoms with Gasteiger partial charge in [-0.25, -0.2) is 4.98 Å². The zero-order chi connectivity index (χ0) is 14.9. The smallest absolute Gasteiger partial charge is 0.276 e. The number of hydrogen-bond acceptors (Lipinski definition) is 5. The lowest BCUT2D eigenvalue weighted by Crippen LogP contribution is -2.53. The van der Waals surface area contributed by atoms with Gasteiger partial charge in [0.15, 0.2) is 0 Å². The van der Waals surface area contributed by atoms with E-state index in [2.05, 4.69) is 30.7 Å². The Bertz CT molecular complexity index is 508. The van der Waals surface area contributed by atoms with Crippen LogP contribution in [0.1, 0.15) is 20.8 Å². The van der Waals surface area contributed by atoms with E-state index in [1.165, 1.54) is 12.1 Å². The monoisotopic (exact) mass is 298 g/mol. The van der Waals surface area contributed by atoms with Crippen LogP contribution >= 0.6 is 11.6 Å². The summed E-state index contributed by atoms with van der Waals surface area (Å²) in [6.07, 6.45) is 0. The van der Waals surface area contributed by atoms with Crippen LogP contribution in [0.2, 0.25) is 5.15 Å². The highest BCUT2D eigenvalue weighted by Gasteiger charge is 2.27. The average Bonchev–Trinajstić information content (AvgIpc) is 2.37. The van der Waals surface area contributed by atoms with Crippen molar-refractivity contribution in [1.82, 2.24) is 9.88 Å². The fourth-order valence-corrected chi connectivity index (χ4v) is 2.54. The maximum Gasteiger partial charge on any atom is 0.276 e. The van der Waals surface area contributed by atoms with Crippen LogP contribution in [0.25, 0.3) is 0 Å². The van der Waals surface area contributed by atoms with Crippen molar-refractivity contribution in [3.05, 3.63) is 27.4 Å². The Labute approximate surface area is 123 Å². The van der Waals surface area contributed by atoms with Crippen molar-refractivity contribution in [3.8, 4) is 0 Å². The molecule has 0 spiro atoms. The molecule has 1 aromatic heterocycles. The van der Waals surface area contributed by atoms with Crippen molar-refractivity contribution in [2.75, 3.05) is 31.1 Å². The summed E-state index contributed by atoms with van der Waals surface area (Å²) < 4.78 is 0. The molecule has 2 rings (SSSR count). The van der Waals surface area contributed by atoms with Gasteiger partial charge in [-0.2, -0.15) is 0 Å². The minimum Gasteiger partial charge on any atom is -0.354 e. The van der Waals surface area contributed by atoms with Gasteiger partial charge >= 0.3 is 0 Å². The first-order valence-electron chi connectivity index (χ1n) is 6.59. The van der Waals surface area contributed by atoms with Gasteiger partial charge in [-0.3, -0.25) is 15.0 Å². The van der Waals surface area contributed by atoms with Crippen LogP contribution in [0, 0.1) is 10.1 Å². The minimum atomic E-state index is -0.442. The molecule has 0 aliphatic carbocycles.